The Morgan fingerprint density at radius 1 is 1.17 bits per heavy atom. The maximum absolute atomic E-state index is 12.4. The van der Waals surface area contributed by atoms with Crippen LogP contribution in [0.2, 0.25) is 0 Å². The summed E-state index contributed by atoms with van der Waals surface area (Å²) in [7, 11) is 0. The van der Waals surface area contributed by atoms with Gasteiger partial charge in [-0.2, -0.15) is 18.3 Å². The highest BCUT2D eigenvalue weighted by atomic mass is 19.4. The largest absolute Gasteiger partial charge is 0.476 e. The van der Waals surface area contributed by atoms with E-state index < -0.39 is 23.6 Å². The number of nitrogens with zero attached hydrogens (tertiary/aromatic N) is 2. The van der Waals surface area contributed by atoms with Crippen molar-refractivity contribution in [3.63, 3.8) is 0 Å². The van der Waals surface area contributed by atoms with Gasteiger partial charge in [0, 0.05) is 24.8 Å². The Labute approximate surface area is 128 Å². The molecule has 0 aliphatic rings. The van der Waals surface area contributed by atoms with Crippen LogP contribution in [0, 0.1) is 0 Å². The Hall–Kier alpha value is -2.84. The fourth-order valence-corrected chi connectivity index (χ4v) is 1.78. The number of nitrogens with one attached hydrogen (secondary N) is 1. The Bertz CT molecular complexity index is 708. The second-order valence-corrected chi connectivity index (χ2v) is 4.64. The lowest BCUT2D eigenvalue weighted by Gasteiger charge is -2.09. The second kappa shape index (κ2) is 6.51. The van der Waals surface area contributed by atoms with Crippen LogP contribution >= 0.6 is 0 Å². The van der Waals surface area contributed by atoms with Crippen molar-refractivity contribution < 1.29 is 27.9 Å². The lowest BCUT2D eigenvalue weighted by Crippen LogP contribution is -2.15. The summed E-state index contributed by atoms with van der Waals surface area (Å²) in [6.07, 6.45) is -3.00. The van der Waals surface area contributed by atoms with Gasteiger partial charge in [-0.25, -0.2) is 4.79 Å². The molecule has 1 amide bonds. The summed E-state index contributed by atoms with van der Waals surface area (Å²) >= 11 is 0. The summed E-state index contributed by atoms with van der Waals surface area (Å²) in [5, 5.41) is 14.9. The third kappa shape index (κ3) is 4.56. The molecule has 0 atom stereocenters. The maximum atomic E-state index is 12.4. The van der Waals surface area contributed by atoms with Crippen molar-refractivity contribution in [3.8, 4) is 0 Å². The minimum atomic E-state index is -4.43. The van der Waals surface area contributed by atoms with Crippen molar-refractivity contribution in [1.82, 2.24) is 9.78 Å². The van der Waals surface area contributed by atoms with E-state index in [0.29, 0.717) is 0 Å². The number of carbonyl (C=O) groups is 2. The Kier molecular flexibility index (Phi) is 4.68. The van der Waals surface area contributed by atoms with Crippen LogP contribution in [0.3, 0.4) is 0 Å². The summed E-state index contributed by atoms with van der Waals surface area (Å²) in [6, 6.07) is 5.38. The fourth-order valence-electron chi connectivity index (χ4n) is 1.78. The van der Waals surface area contributed by atoms with Gasteiger partial charge in [-0.05, 0) is 30.3 Å². The van der Waals surface area contributed by atoms with Crippen LogP contribution in [0.4, 0.5) is 18.9 Å². The first kappa shape index (κ1) is 16.5. The number of aromatic carboxylic acids is 1. The van der Waals surface area contributed by atoms with Crippen LogP contribution in [0.1, 0.15) is 22.5 Å². The molecule has 6 nitrogen and oxygen atoms in total. The topological polar surface area (TPSA) is 84.2 Å². The van der Waals surface area contributed by atoms with Gasteiger partial charge in [0.25, 0.3) is 0 Å². The predicted molar refractivity (Wildman–Crippen MR) is 73.9 cm³/mol. The zero-order valence-electron chi connectivity index (χ0n) is 11.7. The summed E-state index contributed by atoms with van der Waals surface area (Å²) in [4.78, 5) is 22.4. The molecule has 0 bridgehead atoms. The number of carboxylic acids is 1. The number of amides is 1. The molecule has 1 heterocycles. The standard InChI is InChI=1S/C14H12F3N3O3/c15-14(16,17)9-1-3-10(4-2-9)18-12(21)6-8-20-7-5-11(19-20)13(22)23/h1-5,7H,6,8H2,(H,18,21)(H,22,23). The molecule has 2 N–H and O–H groups in total. The molecule has 0 radical (unpaired) electrons. The van der Waals surface area contributed by atoms with Crippen LogP contribution in [-0.2, 0) is 17.5 Å². The molecule has 0 spiro atoms. The second-order valence-electron chi connectivity index (χ2n) is 4.64. The summed E-state index contributed by atoms with van der Waals surface area (Å²) in [5.74, 6) is -1.59. The summed E-state index contributed by atoms with van der Waals surface area (Å²) < 4.78 is 38.5. The number of anilines is 1. The molecule has 1 aromatic heterocycles. The quantitative estimate of drug-likeness (QED) is 0.884. The number of hydrogen-bond acceptors (Lipinski definition) is 3. The van der Waals surface area contributed by atoms with Gasteiger partial charge in [0.15, 0.2) is 5.69 Å². The van der Waals surface area contributed by atoms with Gasteiger partial charge in [-0.15, -0.1) is 0 Å². The smallest absolute Gasteiger partial charge is 0.416 e. The lowest BCUT2D eigenvalue weighted by atomic mass is 10.2. The van der Waals surface area contributed by atoms with Gasteiger partial charge in [0.1, 0.15) is 0 Å². The van der Waals surface area contributed by atoms with Crippen molar-refractivity contribution in [3.05, 3.63) is 47.8 Å². The molecule has 122 valence electrons. The molecule has 0 fully saturated rings. The molecular weight excluding hydrogens is 315 g/mol. The van der Waals surface area contributed by atoms with Crippen LogP contribution in [0.25, 0.3) is 0 Å². The van der Waals surface area contributed by atoms with Crippen LogP contribution in [-0.4, -0.2) is 26.8 Å². The molecule has 0 saturated carbocycles. The van der Waals surface area contributed by atoms with Crippen LogP contribution in [0.15, 0.2) is 36.5 Å². The Morgan fingerprint density at radius 3 is 2.35 bits per heavy atom. The van der Waals surface area contributed by atoms with Crippen LogP contribution < -0.4 is 5.32 Å². The van der Waals surface area contributed by atoms with Gasteiger partial charge in [0.2, 0.25) is 5.91 Å². The van der Waals surface area contributed by atoms with E-state index in [-0.39, 0.29) is 24.3 Å². The zero-order valence-corrected chi connectivity index (χ0v) is 11.7. The summed E-state index contributed by atoms with van der Waals surface area (Å²) in [5.41, 5.74) is -0.684. The molecule has 2 aromatic rings. The SMILES string of the molecule is O=C(CCn1ccc(C(=O)O)n1)Nc1ccc(C(F)(F)F)cc1. The van der Waals surface area contributed by atoms with E-state index in [1.54, 1.807) is 0 Å². The minimum Gasteiger partial charge on any atom is -0.476 e. The zero-order chi connectivity index (χ0) is 17.0. The average Bonchev–Trinajstić information content (AvgIpc) is 2.94. The Morgan fingerprint density at radius 2 is 1.83 bits per heavy atom. The molecule has 0 unspecified atom stereocenters. The number of rotatable bonds is 5. The highest BCUT2D eigenvalue weighted by Crippen LogP contribution is 2.29. The molecule has 23 heavy (non-hydrogen) atoms. The first-order valence-electron chi connectivity index (χ1n) is 6.49. The van der Waals surface area contributed by atoms with E-state index in [2.05, 4.69) is 10.4 Å². The predicted octanol–water partition coefficient (Wildman–Crippen LogP) is 2.63. The number of halogens is 3. The van der Waals surface area contributed by atoms with E-state index in [0.717, 1.165) is 24.3 Å². The van der Waals surface area contributed by atoms with Crippen molar-refractivity contribution in [2.24, 2.45) is 0 Å². The highest BCUT2D eigenvalue weighted by molar-refractivity contribution is 5.90. The number of aromatic nitrogens is 2. The van der Waals surface area contributed by atoms with Crippen molar-refractivity contribution in [2.75, 3.05) is 5.32 Å². The molecule has 0 aliphatic heterocycles. The van der Waals surface area contributed by atoms with Gasteiger partial charge in [0.05, 0.1) is 5.56 Å². The number of carbonyl (C=O) groups excluding carboxylic acids is 1. The van der Waals surface area contributed by atoms with Gasteiger partial charge in [-0.3, -0.25) is 9.48 Å². The third-order valence-electron chi connectivity index (χ3n) is 2.92. The fraction of sp³-hybridized carbons (Fsp3) is 0.214. The first-order valence-corrected chi connectivity index (χ1v) is 6.49. The number of carboxylic acid groups (broad SMARTS) is 1. The number of benzene rings is 1. The van der Waals surface area contributed by atoms with Crippen molar-refractivity contribution in [1.29, 1.82) is 0 Å². The van der Waals surface area contributed by atoms with E-state index in [9.17, 15) is 22.8 Å². The molecule has 2 rings (SSSR count). The van der Waals surface area contributed by atoms with Gasteiger partial charge in [-0.1, -0.05) is 0 Å². The molecular formula is C14H12F3N3O3. The Balaban J connectivity index is 1.88. The van der Waals surface area contributed by atoms with Crippen molar-refractivity contribution in [2.45, 2.75) is 19.1 Å². The molecule has 1 aromatic carbocycles. The van der Waals surface area contributed by atoms with Crippen LogP contribution in [0.5, 0.6) is 0 Å². The van der Waals surface area contributed by atoms with Gasteiger partial charge < -0.3 is 10.4 Å². The average molecular weight is 327 g/mol. The minimum absolute atomic E-state index is 0.00175. The molecule has 0 aliphatic carbocycles. The van der Waals surface area contributed by atoms with E-state index in [1.807, 2.05) is 0 Å². The third-order valence-corrected chi connectivity index (χ3v) is 2.92. The first-order chi connectivity index (χ1) is 10.8. The normalized spacial score (nSPS) is 11.3. The summed E-state index contributed by atoms with van der Waals surface area (Å²) in [6.45, 7) is 0.153. The number of alkyl halides is 3. The van der Waals surface area contributed by atoms with E-state index in [4.69, 9.17) is 5.11 Å². The maximum Gasteiger partial charge on any atom is 0.416 e. The van der Waals surface area contributed by atoms with E-state index in [1.165, 1.54) is 16.9 Å². The number of hydrogen-bond donors (Lipinski definition) is 2. The van der Waals surface area contributed by atoms with Crippen molar-refractivity contribution >= 4 is 17.6 Å². The highest BCUT2D eigenvalue weighted by Gasteiger charge is 2.29. The molecule has 9 heteroatoms. The molecule has 0 saturated heterocycles. The monoisotopic (exact) mass is 327 g/mol. The van der Waals surface area contributed by atoms with E-state index >= 15 is 0 Å². The van der Waals surface area contributed by atoms with Gasteiger partial charge >= 0.3 is 12.1 Å². The number of aryl methyl sites for hydroxylation is 1. The lowest BCUT2D eigenvalue weighted by molar-refractivity contribution is -0.137.